The minimum Gasteiger partial charge on any atom is -0.282 e. The first-order valence-electron chi connectivity index (χ1n) is 3.56. The zero-order chi connectivity index (χ0) is 10.5. The molecule has 0 spiro atoms. The van der Waals surface area contributed by atoms with E-state index >= 15 is 0 Å². The summed E-state index contributed by atoms with van der Waals surface area (Å²) >= 11 is 0. The molecule has 0 aromatic carbocycles. The molecule has 0 rings (SSSR count). The molecule has 0 atom stereocenters. The van der Waals surface area contributed by atoms with Crippen LogP contribution < -0.4 is 0 Å². The van der Waals surface area contributed by atoms with Crippen molar-refractivity contribution in [3.63, 3.8) is 0 Å². The molecule has 0 aliphatic rings. The van der Waals surface area contributed by atoms with Gasteiger partial charge in [0.1, 0.15) is 0 Å². The molecule has 0 fully saturated rings. The SMILES string of the molecule is C=C/C=C(C=C)\C(=C/C)S(=O)(=O)O. The van der Waals surface area contributed by atoms with Crippen molar-refractivity contribution in [2.24, 2.45) is 0 Å². The van der Waals surface area contributed by atoms with Crippen LogP contribution in [-0.2, 0) is 10.1 Å². The molecule has 0 heterocycles. The third-order valence-electron chi connectivity index (χ3n) is 1.34. The first-order valence-corrected chi connectivity index (χ1v) is 5.00. The summed E-state index contributed by atoms with van der Waals surface area (Å²) in [5.41, 5.74) is 0.319. The van der Waals surface area contributed by atoms with Crippen LogP contribution >= 0.6 is 0 Å². The standard InChI is InChI=1S/C9H12O3S/c1-4-7-8(5-2)9(6-3)13(10,11)12/h4-7H,1-2H2,3H3,(H,10,11,12)/b8-7-,9-6+. The van der Waals surface area contributed by atoms with E-state index in [2.05, 4.69) is 13.2 Å². The molecular weight excluding hydrogens is 188 g/mol. The highest BCUT2D eigenvalue weighted by Gasteiger charge is 2.14. The van der Waals surface area contributed by atoms with Gasteiger partial charge in [0.2, 0.25) is 0 Å². The van der Waals surface area contributed by atoms with Crippen LogP contribution in [0, 0.1) is 0 Å². The maximum absolute atomic E-state index is 10.8. The maximum atomic E-state index is 10.8. The smallest absolute Gasteiger partial charge is 0.282 e. The molecule has 0 aromatic rings. The largest absolute Gasteiger partial charge is 0.294 e. The lowest BCUT2D eigenvalue weighted by molar-refractivity contribution is 0.491. The molecule has 1 N–H and O–H groups in total. The quantitative estimate of drug-likeness (QED) is 0.558. The van der Waals surface area contributed by atoms with Gasteiger partial charge in [-0.25, -0.2) is 0 Å². The Morgan fingerprint density at radius 1 is 1.38 bits per heavy atom. The number of hydrogen-bond acceptors (Lipinski definition) is 2. The maximum Gasteiger partial charge on any atom is 0.294 e. The van der Waals surface area contributed by atoms with Crippen LogP contribution in [0.3, 0.4) is 0 Å². The molecule has 0 unspecified atom stereocenters. The molecule has 0 bridgehead atoms. The molecule has 0 aromatic heterocycles. The fraction of sp³-hybridized carbons (Fsp3) is 0.111. The Kier molecular flexibility index (Phi) is 4.37. The van der Waals surface area contributed by atoms with Gasteiger partial charge in [0.25, 0.3) is 10.1 Å². The molecular formula is C9H12O3S. The zero-order valence-electron chi connectivity index (χ0n) is 7.40. The summed E-state index contributed by atoms with van der Waals surface area (Å²) in [6, 6.07) is 0. The van der Waals surface area contributed by atoms with Gasteiger partial charge in [0, 0.05) is 0 Å². The van der Waals surface area contributed by atoms with Gasteiger partial charge in [-0.2, -0.15) is 8.42 Å². The predicted molar refractivity (Wildman–Crippen MR) is 53.8 cm³/mol. The fourth-order valence-electron chi connectivity index (χ4n) is 0.842. The van der Waals surface area contributed by atoms with Crippen molar-refractivity contribution in [3.8, 4) is 0 Å². The highest BCUT2D eigenvalue weighted by Crippen LogP contribution is 2.16. The van der Waals surface area contributed by atoms with Gasteiger partial charge >= 0.3 is 0 Å². The summed E-state index contributed by atoms with van der Waals surface area (Å²) in [5.74, 6) is 0. The molecule has 0 radical (unpaired) electrons. The average Bonchev–Trinajstić information content (AvgIpc) is 2.01. The molecule has 0 amide bonds. The highest BCUT2D eigenvalue weighted by molar-refractivity contribution is 7.90. The molecule has 13 heavy (non-hydrogen) atoms. The monoisotopic (exact) mass is 200 g/mol. The van der Waals surface area contributed by atoms with E-state index in [1.807, 2.05) is 0 Å². The van der Waals surface area contributed by atoms with E-state index in [-0.39, 0.29) is 4.91 Å². The van der Waals surface area contributed by atoms with Crippen LogP contribution in [0.2, 0.25) is 0 Å². The normalized spacial score (nSPS) is 14.0. The minimum absolute atomic E-state index is 0.164. The van der Waals surface area contributed by atoms with Crippen molar-refractivity contribution in [3.05, 3.63) is 47.9 Å². The second kappa shape index (κ2) is 4.79. The highest BCUT2D eigenvalue weighted by atomic mass is 32.2. The van der Waals surface area contributed by atoms with Crippen LogP contribution in [0.15, 0.2) is 47.9 Å². The molecule has 0 saturated heterocycles. The minimum atomic E-state index is -4.17. The molecule has 72 valence electrons. The van der Waals surface area contributed by atoms with Crippen LogP contribution in [-0.4, -0.2) is 13.0 Å². The van der Waals surface area contributed by atoms with E-state index in [1.165, 1.54) is 31.2 Å². The molecule has 0 saturated carbocycles. The van der Waals surface area contributed by atoms with Crippen molar-refractivity contribution in [1.29, 1.82) is 0 Å². The van der Waals surface area contributed by atoms with Gasteiger partial charge in [0.15, 0.2) is 0 Å². The lowest BCUT2D eigenvalue weighted by Crippen LogP contribution is -2.03. The van der Waals surface area contributed by atoms with Gasteiger partial charge in [0.05, 0.1) is 4.91 Å². The van der Waals surface area contributed by atoms with Crippen molar-refractivity contribution in [2.45, 2.75) is 6.92 Å². The van der Waals surface area contributed by atoms with Crippen LogP contribution in [0.5, 0.6) is 0 Å². The van der Waals surface area contributed by atoms with Crippen molar-refractivity contribution in [2.75, 3.05) is 0 Å². The number of rotatable bonds is 4. The number of hydrogen-bond donors (Lipinski definition) is 1. The van der Waals surface area contributed by atoms with Crippen LogP contribution in [0.25, 0.3) is 0 Å². The van der Waals surface area contributed by atoms with Crippen molar-refractivity contribution in [1.82, 2.24) is 0 Å². The van der Waals surface area contributed by atoms with Crippen molar-refractivity contribution >= 4 is 10.1 Å². The molecule has 0 aliphatic heterocycles. The third-order valence-corrected chi connectivity index (χ3v) is 2.37. The van der Waals surface area contributed by atoms with Gasteiger partial charge in [-0.3, -0.25) is 4.55 Å². The zero-order valence-corrected chi connectivity index (χ0v) is 8.21. The summed E-state index contributed by atoms with van der Waals surface area (Å²) < 4.78 is 30.4. The summed E-state index contributed by atoms with van der Waals surface area (Å²) in [7, 11) is -4.17. The van der Waals surface area contributed by atoms with E-state index in [0.29, 0.717) is 5.57 Å². The van der Waals surface area contributed by atoms with Crippen LogP contribution in [0.1, 0.15) is 6.92 Å². The summed E-state index contributed by atoms with van der Waals surface area (Å²) in [6.45, 7) is 8.37. The van der Waals surface area contributed by atoms with Gasteiger partial charge < -0.3 is 0 Å². The Labute approximate surface area is 78.5 Å². The second-order valence-corrected chi connectivity index (χ2v) is 3.58. The Balaban J connectivity index is 5.36. The predicted octanol–water partition coefficient (Wildman–Crippen LogP) is 2.08. The Morgan fingerprint density at radius 2 is 1.92 bits per heavy atom. The molecule has 3 nitrogen and oxygen atoms in total. The lowest BCUT2D eigenvalue weighted by Gasteiger charge is -2.02. The second-order valence-electron chi connectivity index (χ2n) is 2.19. The molecule has 4 heteroatoms. The van der Waals surface area contributed by atoms with Crippen LogP contribution in [0.4, 0.5) is 0 Å². The van der Waals surface area contributed by atoms with Gasteiger partial charge in [-0.1, -0.05) is 37.5 Å². The topological polar surface area (TPSA) is 54.4 Å². The lowest BCUT2D eigenvalue weighted by atomic mass is 10.2. The third kappa shape index (κ3) is 3.40. The first-order chi connectivity index (χ1) is 5.97. The summed E-state index contributed by atoms with van der Waals surface area (Å²) in [6.07, 6.45) is 5.51. The van der Waals surface area contributed by atoms with Gasteiger partial charge in [-0.15, -0.1) is 0 Å². The summed E-state index contributed by atoms with van der Waals surface area (Å²) in [4.78, 5) is -0.164. The Morgan fingerprint density at radius 3 is 2.15 bits per heavy atom. The van der Waals surface area contributed by atoms with E-state index in [0.717, 1.165) is 0 Å². The van der Waals surface area contributed by atoms with Crippen molar-refractivity contribution < 1.29 is 13.0 Å². The van der Waals surface area contributed by atoms with E-state index < -0.39 is 10.1 Å². The van der Waals surface area contributed by atoms with Gasteiger partial charge in [-0.05, 0) is 12.5 Å². The Hall–Kier alpha value is -1.13. The molecule has 0 aliphatic carbocycles. The first kappa shape index (κ1) is 11.9. The summed E-state index contributed by atoms with van der Waals surface area (Å²) in [5, 5.41) is 0. The van der Waals surface area contributed by atoms with E-state index in [4.69, 9.17) is 4.55 Å². The van der Waals surface area contributed by atoms with E-state index in [9.17, 15) is 8.42 Å². The number of allylic oxidation sites excluding steroid dienone is 5. The Bertz CT molecular complexity index is 358. The van der Waals surface area contributed by atoms with E-state index in [1.54, 1.807) is 0 Å². The average molecular weight is 200 g/mol. The fourth-order valence-corrected chi connectivity index (χ4v) is 1.59.